The molecular formula is C24H19BrCl3N5O. The van der Waals surface area contributed by atoms with Gasteiger partial charge in [0.15, 0.2) is 0 Å². The number of halogens is 4. The number of aromatic nitrogens is 4. The SMILES string of the molecule is O=c1c(Cl)c(N2CCC(c3ncc(-c4ccc(Br)cc4)[nH]3)CC2)cnn1-c1ccc(Cl)cc1Cl. The van der Waals surface area contributed by atoms with E-state index < -0.39 is 5.56 Å². The van der Waals surface area contributed by atoms with Gasteiger partial charge >= 0.3 is 0 Å². The number of nitrogens with one attached hydrogen (secondary N) is 1. The largest absolute Gasteiger partial charge is 0.369 e. The summed E-state index contributed by atoms with van der Waals surface area (Å²) in [5.74, 6) is 1.29. The Balaban J connectivity index is 1.31. The first kappa shape index (κ1) is 23.4. The van der Waals surface area contributed by atoms with Crippen LogP contribution in [0.1, 0.15) is 24.6 Å². The molecule has 0 saturated carbocycles. The van der Waals surface area contributed by atoms with Crippen LogP contribution in [-0.2, 0) is 0 Å². The molecule has 10 heteroatoms. The van der Waals surface area contributed by atoms with Gasteiger partial charge in [-0.05, 0) is 48.7 Å². The van der Waals surface area contributed by atoms with E-state index in [4.69, 9.17) is 34.8 Å². The van der Waals surface area contributed by atoms with Crippen LogP contribution in [0.4, 0.5) is 5.69 Å². The van der Waals surface area contributed by atoms with Gasteiger partial charge in [0.25, 0.3) is 5.56 Å². The maximum absolute atomic E-state index is 12.9. The topological polar surface area (TPSA) is 66.8 Å². The Morgan fingerprint density at radius 3 is 2.41 bits per heavy atom. The fraction of sp³-hybridized carbons (Fsp3) is 0.208. The van der Waals surface area contributed by atoms with Crippen molar-refractivity contribution in [1.82, 2.24) is 19.7 Å². The van der Waals surface area contributed by atoms with E-state index >= 15 is 0 Å². The molecule has 1 aliphatic heterocycles. The second-order valence-electron chi connectivity index (χ2n) is 8.11. The lowest BCUT2D eigenvalue weighted by molar-refractivity contribution is 0.488. The fourth-order valence-electron chi connectivity index (χ4n) is 4.18. The van der Waals surface area contributed by atoms with Gasteiger partial charge in [0, 0.05) is 28.5 Å². The van der Waals surface area contributed by atoms with E-state index in [1.807, 2.05) is 18.3 Å². The van der Waals surface area contributed by atoms with Crippen molar-refractivity contribution in [3.8, 4) is 16.9 Å². The van der Waals surface area contributed by atoms with Crippen LogP contribution in [0.15, 0.2) is 64.1 Å². The third-order valence-electron chi connectivity index (χ3n) is 6.01. The molecule has 0 aliphatic carbocycles. The Morgan fingerprint density at radius 1 is 0.971 bits per heavy atom. The van der Waals surface area contributed by atoms with Crippen LogP contribution in [0.3, 0.4) is 0 Å². The van der Waals surface area contributed by atoms with Gasteiger partial charge in [-0.25, -0.2) is 4.98 Å². The standard InChI is InChI=1S/C24H19BrCl3N5O/c25-16-3-1-14(2-4-16)19-12-29-23(31-19)15-7-9-32(10-8-15)21-13-30-33(24(34)22(21)28)20-6-5-17(26)11-18(20)27/h1-6,11-13,15H,7-10H2,(H,29,31). The zero-order valence-corrected chi connectivity index (χ0v) is 21.7. The van der Waals surface area contributed by atoms with Gasteiger partial charge in [0.05, 0.1) is 34.5 Å². The van der Waals surface area contributed by atoms with Crippen LogP contribution < -0.4 is 10.5 Å². The molecule has 0 spiro atoms. The number of anilines is 1. The van der Waals surface area contributed by atoms with Crippen molar-refractivity contribution in [2.75, 3.05) is 18.0 Å². The average molecular weight is 580 g/mol. The van der Waals surface area contributed by atoms with E-state index in [0.717, 1.165) is 47.5 Å². The molecule has 1 fully saturated rings. The van der Waals surface area contributed by atoms with E-state index in [2.05, 4.69) is 48.0 Å². The minimum Gasteiger partial charge on any atom is -0.369 e. The highest BCUT2D eigenvalue weighted by Gasteiger charge is 2.26. The van der Waals surface area contributed by atoms with Gasteiger partial charge in [-0.2, -0.15) is 9.78 Å². The van der Waals surface area contributed by atoms with Crippen molar-refractivity contribution in [1.29, 1.82) is 0 Å². The van der Waals surface area contributed by atoms with Crippen molar-refractivity contribution < 1.29 is 0 Å². The van der Waals surface area contributed by atoms with Crippen LogP contribution in [-0.4, -0.2) is 32.8 Å². The lowest BCUT2D eigenvalue weighted by Gasteiger charge is -2.33. The zero-order chi connectivity index (χ0) is 23.8. The number of hydrogen-bond donors (Lipinski definition) is 1. The van der Waals surface area contributed by atoms with Gasteiger partial charge < -0.3 is 9.88 Å². The summed E-state index contributed by atoms with van der Waals surface area (Å²) in [4.78, 5) is 23.1. The average Bonchev–Trinajstić information content (AvgIpc) is 3.32. The number of hydrogen-bond acceptors (Lipinski definition) is 4. The lowest BCUT2D eigenvalue weighted by Crippen LogP contribution is -2.35. The highest BCUT2D eigenvalue weighted by atomic mass is 79.9. The van der Waals surface area contributed by atoms with Crippen molar-refractivity contribution >= 4 is 56.4 Å². The second kappa shape index (κ2) is 9.74. The Hall–Kier alpha value is -2.32. The zero-order valence-electron chi connectivity index (χ0n) is 17.8. The minimum atomic E-state index is -0.421. The number of piperidine rings is 1. The van der Waals surface area contributed by atoms with E-state index in [-0.39, 0.29) is 5.02 Å². The Bertz CT molecular complexity index is 1390. The smallest absolute Gasteiger partial charge is 0.292 e. The summed E-state index contributed by atoms with van der Waals surface area (Å²) < 4.78 is 2.24. The number of nitrogens with zero attached hydrogens (tertiary/aromatic N) is 4. The van der Waals surface area contributed by atoms with Gasteiger partial charge in [0.1, 0.15) is 10.8 Å². The van der Waals surface area contributed by atoms with Crippen LogP contribution >= 0.6 is 50.7 Å². The summed E-state index contributed by atoms with van der Waals surface area (Å²) >= 11 is 22.2. The maximum atomic E-state index is 12.9. The summed E-state index contributed by atoms with van der Waals surface area (Å²) in [6.45, 7) is 1.48. The molecule has 2 aromatic heterocycles. The van der Waals surface area contributed by atoms with Crippen molar-refractivity contribution in [2.45, 2.75) is 18.8 Å². The molecule has 0 atom stereocenters. The van der Waals surface area contributed by atoms with Crippen molar-refractivity contribution in [3.05, 3.63) is 90.6 Å². The molecule has 34 heavy (non-hydrogen) atoms. The van der Waals surface area contributed by atoms with Gasteiger partial charge in [0.2, 0.25) is 0 Å². The monoisotopic (exact) mass is 577 g/mol. The molecule has 1 saturated heterocycles. The van der Waals surface area contributed by atoms with Gasteiger partial charge in [-0.1, -0.05) is 62.9 Å². The predicted octanol–water partition coefficient (Wildman–Crippen LogP) is 6.73. The summed E-state index contributed by atoms with van der Waals surface area (Å²) in [5, 5.41) is 5.25. The summed E-state index contributed by atoms with van der Waals surface area (Å²) in [5.41, 5.74) is 2.74. The summed E-state index contributed by atoms with van der Waals surface area (Å²) in [6, 6.07) is 13.0. The number of H-pyrrole nitrogens is 1. The molecule has 1 aliphatic rings. The van der Waals surface area contributed by atoms with E-state index in [1.54, 1.807) is 24.4 Å². The first-order valence-corrected chi connectivity index (χ1v) is 12.6. The van der Waals surface area contributed by atoms with E-state index in [9.17, 15) is 4.79 Å². The molecule has 4 aromatic rings. The van der Waals surface area contributed by atoms with E-state index in [0.29, 0.717) is 27.3 Å². The molecule has 174 valence electrons. The fourth-order valence-corrected chi connectivity index (χ4v) is 5.18. The molecule has 6 nitrogen and oxygen atoms in total. The van der Waals surface area contributed by atoms with Crippen LogP contribution in [0.5, 0.6) is 0 Å². The molecule has 0 amide bonds. The Kier molecular flexibility index (Phi) is 6.71. The molecule has 0 unspecified atom stereocenters. The summed E-state index contributed by atoms with van der Waals surface area (Å²) in [7, 11) is 0. The normalized spacial score (nSPS) is 14.5. The number of benzene rings is 2. The number of aromatic amines is 1. The predicted molar refractivity (Wildman–Crippen MR) is 141 cm³/mol. The molecule has 1 N–H and O–H groups in total. The van der Waals surface area contributed by atoms with Gasteiger partial charge in [-0.3, -0.25) is 4.79 Å². The van der Waals surface area contributed by atoms with Gasteiger partial charge in [-0.15, -0.1) is 0 Å². The van der Waals surface area contributed by atoms with Crippen LogP contribution in [0.25, 0.3) is 16.9 Å². The van der Waals surface area contributed by atoms with E-state index in [1.165, 1.54) is 4.68 Å². The Labute approximate surface area is 219 Å². The first-order chi connectivity index (χ1) is 16.4. The third kappa shape index (κ3) is 4.62. The molecule has 5 rings (SSSR count). The highest BCUT2D eigenvalue weighted by Crippen LogP contribution is 2.32. The molecule has 3 heterocycles. The Morgan fingerprint density at radius 2 is 1.71 bits per heavy atom. The lowest BCUT2D eigenvalue weighted by atomic mass is 9.96. The number of imidazole rings is 1. The second-order valence-corrected chi connectivity index (χ2v) is 10.2. The maximum Gasteiger partial charge on any atom is 0.292 e. The minimum absolute atomic E-state index is 0.120. The highest BCUT2D eigenvalue weighted by molar-refractivity contribution is 9.10. The van der Waals surface area contributed by atoms with Crippen molar-refractivity contribution in [2.24, 2.45) is 0 Å². The van der Waals surface area contributed by atoms with Crippen molar-refractivity contribution in [3.63, 3.8) is 0 Å². The summed E-state index contributed by atoms with van der Waals surface area (Å²) in [6.07, 6.45) is 5.27. The van der Waals surface area contributed by atoms with Crippen LogP contribution in [0.2, 0.25) is 15.1 Å². The molecule has 0 bridgehead atoms. The molecule has 2 aromatic carbocycles. The molecular weight excluding hydrogens is 561 g/mol. The van der Waals surface area contributed by atoms with Crippen LogP contribution in [0, 0.1) is 0 Å². The number of rotatable bonds is 4. The quantitative estimate of drug-likeness (QED) is 0.291. The first-order valence-electron chi connectivity index (χ1n) is 10.7. The third-order valence-corrected chi connectivity index (χ3v) is 7.43. The molecule has 0 radical (unpaired) electrons.